The van der Waals surface area contributed by atoms with E-state index in [9.17, 15) is 14.4 Å². The summed E-state index contributed by atoms with van der Waals surface area (Å²) in [6.45, 7) is 0.220. The van der Waals surface area contributed by atoms with Crippen LogP contribution in [-0.2, 0) is 19.1 Å². The summed E-state index contributed by atoms with van der Waals surface area (Å²) in [4.78, 5) is 32.1. The van der Waals surface area contributed by atoms with Gasteiger partial charge in [-0.25, -0.2) is 0 Å². The van der Waals surface area contributed by atoms with Gasteiger partial charge in [0.1, 0.15) is 5.78 Å². The van der Waals surface area contributed by atoms with Gasteiger partial charge in [-0.2, -0.15) is 0 Å². The van der Waals surface area contributed by atoms with Crippen LogP contribution in [0.15, 0.2) is 0 Å². The predicted octanol–water partition coefficient (Wildman–Crippen LogP) is 0.904. The van der Waals surface area contributed by atoms with Crippen molar-refractivity contribution >= 4 is 30.1 Å². The molecule has 0 saturated heterocycles. The smallest absolute Gasteiger partial charge is 0.306 e. The lowest BCUT2D eigenvalue weighted by atomic mass is 10.2. The van der Waals surface area contributed by atoms with Crippen LogP contribution < -0.4 is 5.73 Å². The fraction of sp³-hybridized carbons (Fsp3) is 0.727. The summed E-state index contributed by atoms with van der Waals surface area (Å²) in [5, 5.41) is 8.38. The van der Waals surface area contributed by atoms with Crippen LogP contribution in [0.3, 0.4) is 0 Å². The van der Waals surface area contributed by atoms with E-state index in [0.29, 0.717) is 19.3 Å². The molecule has 3 N–H and O–H groups in total. The van der Waals surface area contributed by atoms with Crippen molar-refractivity contribution in [1.82, 2.24) is 0 Å². The molecule has 0 radical (unpaired) electrons. The first-order chi connectivity index (χ1) is 8.06. The summed E-state index contributed by atoms with van der Waals surface area (Å²) in [6, 6.07) is 0. The molecule has 0 aromatic rings. The zero-order valence-electron chi connectivity index (χ0n) is 10.2. The molecule has 6 nitrogen and oxygen atoms in total. The number of rotatable bonds is 10. The number of hydrogen-bond donors (Lipinski definition) is 2. The van der Waals surface area contributed by atoms with Gasteiger partial charge >= 0.3 is 11.9 Å². The molecule has 0 aromatic heterocycles. The van der Waals surface area contributed by atoms with Crippen LogP contribution in [0.25, 0.3) is 0 Å². The molecule has 0 fully saturated rings. The number of carboxylic acid groups (broad SMARTS) is 1. The zero-order chi connectivity index (χ0) is 13.1. The number of carbonyl (C=O) groups excluding carboxylic acids is 2. The Labute approximate surface area is 112 Å². The molecule has 0 amide bonds. The summed E-state index contributed by atoms with van der Waals surface area (Å²) < 4.78 is 4.86. The van der Waals surface area contributed by atoms with Crippen LogP contribution in [0, 0.1) is 0 Å². The Bertz CT molecular complexity index is 270. The van der Waals surface area contributed by atoms with Crippen LogP contribution in [0.1, 0.15) is 38.5 Å². The van der Waals surface area contributed by atoms with Crippen LogP contribution in [-0.4, -0.2) is 36.0 Å². The molecule has 7 heteroatoms. The van der Waals surface area contributed by atoms with Crippen LogP contribution >= 0.6 is 12.4 Å². The molecule has 0 heterocycles. The molecule has 106 valence electrons. The van der Waals surface area contributed by atoms with E-state index in [2.05, 4.69) is 0 Å². The second-order valence-electron chi connectivity index (χ2n) is 3.67. The number of unbranched alkanes of at least 4 members (excludes halogenated alkanes) is 2. The van der Waals surface area contributed by atoms with Crippen LogP contribution in [0.4, 0.5) is 0 Å². The molecule has 0 aliphatic heterocycles. The predicted molar refractivity (Wildman–Crippen MR) is 67.6 cm³/mol. The number of ether oxygens (including phenoxy) is 1. The third-order valence-electron chi connectivity index (χ3n) is 2.13. The Balaban J connectivity index is 0. The van der Waals surface area contributed by atoms with Crippen LogP contribution in [0.2, 0.25) is 0 Å². The maximum absolute atomic E-state index is 11.1. The van der Waals surface area contributed by atoms with Crippen LogP contribution in [0.5, 0.6) is 0 Å². The molecular weight excluding hydrogens is 262 g/mol. The monoisotopic (exact) mass is 281 g/mol. The minimum atomic E-state index is -0.817. The Morgan fingerprint density at radius 1 is 1.00 bits per heavy atom. The van der Waals surface area contributed by atoms with E-state index < -0.39 is 11.9 Å². The highest BCUT2D eigenvalue weighted by Gasteiger charge is 2.06. The van der Waals surface area contributed by atoms with Gasteiger partial charge in [-0.3, -0.25) is 14.4 Å². The second-order valence-corrected chi connectivity index (χ2v) is 3.67. The molecule has 0 bridgehead atoms. The lowest BCUT2D eigenvalue weighted by Gasteiger charge is -2.03. The first-order valence-electron chi connectivity index (χ1n) is 5.65. The molecule has 18 heavy (non-hydrogen) atoms. The van der Waals surface area contributed by atoms with E-state index in [1.165, 1.54) is 0 Å². The molecule has 0 unspecified atom stereocenters. The molecule has 0 atom stereocenters. The third-order valence-corrected chi connectivity index (χ3v) is 2.13. The lowest BCUT2D eigenvalue weighted by Crippen LogP contribution is -2.15. The molecule has 0 spiro atoms. The number of nitrogens with two attached hydrogens (primary N) is 1. The van der Waals surface area contributed by atoms with Crippen molar-refractivity contribution < 1.29 is 24.2 Å². The van der Waals surface area contributed by atoms with Gasteiger partial charge in [0.05, 0.1) is 19.6 Å². The number of carbonyl (C=O) groups is 3. The Hall–Kier alpha value is -1.14. The number of hydrogen-bond acceptors (Lipinski definition) is 5. The summed E-state index contributed by atoms with van der Waals surface area (Å²) in [7, 11) is 0. The largest absolute Gasteiger partial charge is 0.481 e. The molecule has 0 saturated carbocycles. The number of aliphatic carboxylic acids is 1. The van der Waals surface area contributed by atoms with E-state index in [1.807, 2.05) is 0 Å². The van der Waals surface area contributed by atoms with Crippen molar-refractivity contribution in [2.24, 2.45) is 5.73 Å². The highest BCUT2D eigenvalue weighted by molar-refractivity contribution is 5.85. The van der Waals surface area contributed by atoms with Gasteiger partial charge < -0.3 is 15.6 Å². The first-order valence-corrected chi connectivity index (χ1v) is 5.65. The summed E-state index contributed by atoms with van der Waals surface area (Å²) in [5.41, 5.74) is 5.09. The van der Waals surface area contributed by atoms with Gasteiger partial charge in [-0.1, -0.05) is 0 Å². The average molecular weight is 282 g/mol. The van der Waals surface area contributed by atoms with Crippen molar-refractivity contribution in [2.75, 3.05) is 13.2 Å². The summed E-state index contributed by atoms with van der Waals surface area (Å²) >= 11 is 0. The average Bonchev–Trinajstić information content (AvgIpc) is 2.30. The van der Waals surface area contributed by atoms with Crippen molar-refractivity contribution in [1.29, 1.82) is 0 Å². The van der Waals surface area contributed by atoms with E-state index in [4.69, 9.17) is 15.6 Å². The zero-order valence-corrected chi connectivity index (χ0v) is 11.0. The SMILES string of the molecule is Cl.NCC(=O)CCC(=O)OCCCCCC(=O)O. The Morgan fingerprint density at radius 2 is 1.67 bits per heavy atom. The topological polar surface area (TPSA) is 107 Å². The standard InChI is InChI=1S/C11H19NO5.ClH/c12-8-9(13)5-6-11(16)17-7-3-1-2-4-10(14)15;/h1-8,12H2,(H,14,15);1H. The summed E-state index contributed by atoms with van der Waals surface area (Å²) in [5.74, 6) is -1.39. The number of ketones is 1. The molecule has 0 aliphatic carbocycles. The Morgan fingerprint density at radius 3 is 2.22 bits per heavy atom. The second kappa shape index (κ2) is 12.3. The normalized spacial score (nSPS) is 9.39. The number of Topliss-reactive ketones (excluding diaryl/α,β-unsaturated/α-hetero) is 1. The lowest BCUT2D eigenvalue weighted by molar-refractivity contribution is -0.145. The van der Waals surface area contributed by atoms with Gasteiger partial charge in [-0.15, -0.1) is 12.4 Å². The van der Waals surface area contributed by atoms with E-state index in [0.717, 1.165) is 0 Å². The highest BCUT2D eigenvalue weighted by Crippen LogP contribution is 2.01. The van der Waals surface area contributed by atoms with E-state index >= 15 is 0 Å². The minimum absolute atomic E-state index is 0. The van der Waals surface area contributed by atoms with Crippen molar-refractivity contribution in [3.05, 3.63) is 0 Å². The van der Waals surface area contributed by atoms with Gasteiger partial charge in [0.25, 0.3) is 0 Å². The fourth-order valence-electron chi connectivity index (χ4n) is 1.16. The molecule has 0 aromatic carbocycles. The van der Waals surface area contributed by atoms with E-state index in [-0.39, 0.29) is 50.6 Å². The first kappa shape index (κ1) is 19.2. The third kappa shape index (κ3) is 12.9. The van der Waals surface area contributed by atoms with Gasteiger partial charge in [-0.05, 0) is 19.3 Å². The summed E-state index contributed by atoms with van der Waals surface area (Å²) in [6.07, 6.45) is 2.25. The van der Waals surface area contributed by atoms with Crippen molar-refractivity contribution in [3.8, 4) is 0 Å². The van der Waals surface area contributed by atoms with Crippen molar-refractivity contribution in [2.45, 2.75) is 38.5 Å². The van der Waals surface area contributed by atoms with Crippen molar-refractivity contribution in [3.63, 3.8) is 0 Å². The highest BCUT2D eigenvalue weighted by atomic mass is 35.5. The number of halogens is 1. The maximum Gasteiger partial charge on any atom is 0.306 e. The fourth-order valence-corrected chi connectivity index (χ4v) is 1.16. The maximum atomic E-state index is 11.1. The molecular formula is C11H20ClNO5. The molecule has 0 aliphatic rings. The van der Waals surface area contributed by atoms with Gasteiger partial charge in [0, 0.05) is 12.8 Å². The minimum Gasteiger partial charge on any atom is -0.481 e. The molecule has 0 rings (SSSR count). The number of esters is 1. The quantitative estimate of drug-likeness (QED) is 0.455. The van der Waals surface area contributed by atoms with Gasteiger partial charge in [0.15, 0.2) is 0 Å². The van der Waals surface area contributed by atoms with E-state index in [1.54, 1.807) is 0 Å². The number of carboxylic acids is 1. The Kier molecular flexibility index (Phi) is 13.1. The van der Waals surface area contributed by atoms with Gasteiger partial charge in [0.2, 0.25) is 0 Å².